The number of alkyl halides is 4. The van der Waals surface area contributed by atoms with E-state index in [2.05, 4.69) is 5.16 Å². The molecular formula is C19H14F5NO3S. The van der Waals surface area contributed by atoms with Gasteiger partial charge in [0, 0.05) is 11.8 Å². The Balaban J connectivity index is 2.22. The zero-order chi connectivity index (χ0) is 21.6. The first-order valence-corrected chi connectivity index (χ1v) is 10.1. The molecule has 0 spiro atoms. The van der Waals surface area contributed by atoms with Gasteiger partial charge in [0.05, 0.1) is 11.1 Å². The number of nitrogens with zero attached hydrogens (tertiary/aromatic N) is 1. The van der Waals surface area contributed by atoms with Crippen LogP contribution in [0.4, 0.5) is 22.0 Å². The van der Waals surface area contributed by atoms with E-state index in [0.717, 1.165) is 24.5 Å². The first-order chi connectivity index (χ1) is 13.4. The van der Waals surface area contributed by atoms with Crippen LogP contribution < -0.4 is 0 Å². The molecule has 0 saturated heterocycles. The van der Waals surface area contributed by atoms with Crippen molar-refractivity contribution >= 4 is 9.84 Å². The first kappa shape index (κ1) is 21.0. The molecule has 0 unspecified atom stereocenters. The summed E-state index contributed by atoms with van der Waals surface area (Å²) in [6, 6.07) is 6.50. The molecule has 2 aromatic carbocycles. The fourth-order valence-corrected chi connectivity index (χ4v) is 3.67. The molecule has 1 aromatic heterocycles. The van der Waals surface area contributed by atoms with E-state index in [1.54, 1.807) is 0 Å². The van der Waals surface area contributed by atoms with Gasteiger partial charge in [0.1, 0.15) is 16.4 Å². The summed E-state index contributed by atoms with van der Waals surface area (Å²) in [4.78, 5) is -0.559. The van der Waals surface area contributed by atoms with Gasteiger partial charge in [0.15, 0.2) is 22.3 Å². The molecule has 3 rings (SSSR count). The van der Waals surface area contributed by atoms with Crippen LogP contribution in [0.2, 0.25) is 0 Å². The summed E-state index contributed by atoms with van der Waals surface area (Å²) in [5, 5.41) is 3.66. The topological polar surface area (TPSA) is 60.2 Å². The Kier molecular flexibility index (Phi) is 5.24. The van der Waals surface area contributed by atoms with Crippen LogP contribution in [-0.4, -0.2) is 19.8 Å². The molecule has 0 atom stereocenters. The van der Waals surface area contributed by atoms with E-state index in [1.165, 1.54) is 25.1 Å². The predicted molar refractivity (Wildman–Crippen MR) is 95.0 cm³/mol. The van der Waals surface area contributed by atoms with Crippen LogP contribution in [0, 0.1) is 12.7 Å². The maximum atomic E-state index is 14.3. The highest BCUT2D eigenvalue weighted by molar-refractivity contribution is 7.90. The number of benzene rings is 2. The lowest BCUT2D eigenvalue weighted by Gasteiger charge is -2.12. The molecule has 10 heteroatoms. The third kappa shape index (κ3) is 4.02. The van der Waals surface area contributed by atoms with Crippen LogP contribution in [0.5, 0.6) is 0 Å². The molecule has 0 amide bonds. The van der Waals surface area contributed by atoms with Gasteiger partial charge in [-0.1, -0.05) is 23.4 Å². The Morgan fingerprint density at radius 1 is 1.07 bits per heavy atom. The van der Waals surface area contributed by atoms with Crippen molar-refractivity contribution in [2.75, 3.05) is 6.26 Å². The number of sulfone groups is 1. The van der Waals surface area contributed by atoms with Gasteiger partial charge in [-0.15, -0.1) is 0 Å². The Labute approximate surface area is 162 Å². The lowest BCUT2D eigenvalue weighted by molar-refractivity contribution is -0.138. The van der Waals surface area contributed by atoms with Gasteiger partial charge in [-0.3, -0.25) is 0 Å². The Bertz CT molecular complexity index is 1180. The molecule has 0 aliphatic heterocycles. The highest BCUT2D eigenvalue weighted by atomic mass is 32.2. The van der Waals surface area contributed by atoms with Crippen molar-refractivity contribution in [3.05, 3.63) is 59.1 Å². The van der Waals surface area contributed by atoms with Gasteiger partial charge in [0.25, 0.3) is 0 Å². The summed E-state index contributed by atoms with van der Waals surface area (Å²) in [7, 11) is -3.84. The van der Waals surface area contributed by atoms with Crippen molar-refractivity contribution in [2.24, 2.45) is 0 Å². The third-order valence-electron chi connectivity index (χ3n) is 4.32. The minimum absolute atomic E-state index is 0.00558. The van der Waals surface area contributed by atoms with E-state index >= 15 is 0 Å². The highest BCUT2D eigenvalue weighted by Crippen LogP contribution is 2.39. The molecule has 3 aromatic rings. The molecule has 29 heavy (non-hydrogen) atoms. The molecule has 0 aliphatic carbocycles. The quantitative estimate of drug-likeness (QED) is 0.523. The number of aromatic nitrogens is 1. The van der Waals surface area contributed by atoms with E-state index in [1.807, 2.05) is 0 Å². The molecule has 0 fully saturated rings. The Morgan fingerprint density at radius 2 is 1.72 bits per heavy atom. The maximum Gasteiger partial charge on any atom is 0.416 e. The number of hydrogen-bond acceptors (Lipinski definition) is 4. The molecule has 0 saturated carbocycles. The average molecular weight is 431 g/mol. The lowest BCUT2D eigenvalue weighted by Crippen LogP contribution is -2.07. The van der Waals surface area contributed by atoms with Crippen molar-refractivity contribution in [3.8, 4) is 22.4 Å². The van der Waals surface area contributed by atoms with Gasteiger partial charge in [-0.2, -0.15) is 13.2 Å². The molecular weight excluding hydrogens is 417 g/mol. The van der Waals surface area contributed by atoms with Crippen molar-refractivity contribution in [2.45, 2.75) is 24.7 Å². The number of rotatable bonds is 4. The lowest BCUT2D eigenvalue weighted by atomic mass is 9.96. The van der Waals surface area contributed by atoms with Gasteiger partial charge in [0.2, 0.25) is 0 Å². The fraction of sp³-hybridized carbons (Fsp3) is 0.211. The Morgan fingerprint density at radius 3 is 2.28 bits per heavy atom. The highest BCUT2D eigenvalue weighted by Gasteiger charge is 2.33. The van der Waals surface area contributed by atoms with Gasteiger partial charge >= 0.3 is 6.18 Å². The van der Waals surface area contributed by atoms with Gasteiger partial charge in [-0.05, 0) is 36.2 Å². The predicted octanol–water partition coefficient (Wildman–Crippen LogP) is 5.35. The fourth-order valence-electron chi connectivity index (χ4n) is 2.94. The SMILES string of the molecule is Cc1ccc(-c2noc(CF)c2-c2ccc(S(C)(=O)=O)c(F)c2)cc1C(F)(F)F. The smallest absolute Gasteiger partial charge is 0.357 e. The minimum atomic E-state index is -4.61. The van der Waals surface area contributed by atoms with Gasteiger partial charge in [-0.25, -0.2) is 17.2 Å². The summed E-state index contributed by atoms with van der Waals surface area (Å²) in [5.74, 6) is -1.40. The second-order valence-corrected chi connectivity index (χ2v) is 8.39. The van der Waals surface area contributed by atoms with Crippen LogP contribution in [0.15, 0.2) is 45.8 Å². The third-order valence-corrected chi connectivity index (χ3v) is 5.45. The minimum Gasteiger partial charge on any atom is -0.357 e. The summed E-state index contributed by atoms with van der Waals surface area (Å²) in [6.07, 6.45) is -3.79. The number of hydrogen-bond donors (Lipinski definition) is 0. The summed E-state index contributed by atoms with van der Waals surface area (Å²) in [5.41, 5.74) is -1.06. The molecule has 0 radical (unpaired) electrons. The Hall–Kier alpha value is -2.75. The van der Waals surface area contributed by atoms with Crippen LogP contribution >= 0.6 is 0 Å². The summed E-state index contributed by atoms with van der Waals surface area (Å²) < 4.78 is 95.5. The monoisotopic (exact) mass is 431 g/mol. The van der Waals surface area contributed by atoms with Crippen LogP contribution in [0.1, 0.15) is 16.9 Å². The largest absolute Gasteiger partial charge is 0.416 e. The van der Waals surface area contributed by atoms with E-state index in [-0.39, 0.29) is 33.7 Å². The molecule has 154 valence electrons. The van der Waals surface area contributed by atoms with Crippen molar-refractivity contribution in [3.63, 3.8) is 0 Å². The van der Waals surface area contributed by atoms with Crippen molar-refractivity contribution in [1.82, 2.24) is 5.16 Å². The number of aryl methyl sites for hydroxylation is 1. The number of halogens is 5. The van der Waals surface area contributed by atoms with Gasteiger partial charge < -0.3 is 4.52 Å². The molecule has 1 heterocycles. The summed E-state index contributed by atoms with van der Waals surface area (Å²) in [6.45, 7) is 0.151. The normalized spacial score (nSPS) is 12.4. The molecule has 0 bridgehead atoms. The van der Waals surface area contributed by atoms with Crippen LogP contribution in [0.3, 0.4) is 0 Å². The first-order valence-electron chi connectivity index (χ1n) is 8.16. The van der Waals surface area contributed by atoms with E-state index in [0.29, 0.717) is 0 Å². The van der Waals surface area contributed by atoms with E-state index in [4.69, 9.17) is 4.52 Å². The molecule has 0 aliphatic rings. The van der Waals surface area contributed by atoms with Crippen molar-refractivity contribution < 1.29 is 34.9 Å². The second kappa shape index (κ2) is 7.25. The second-order valence-electron chi connectivity index (χ2n) is 6.41. The average Bonchev–Trinajstić information content (AvgIpc) is 3.04. The maximum absolute atomic E-state index is 14.3. The van der Waals surface area contributed by atoms with E-state index < -0.39 is 39.0 Å². The zero-order valence-corrected chi connectivity index (χ0v) is 16.0. The zero-order valence-electron chi connectivity index (χ0n) is 15.1. The molecule has 0 N–H and O–H groups in total. The van der Waals surface area contributed by atoms with Crippen LogP contribution in [0.25, 0.3) is 22.4 Å². The van der Waals surface area contributed by atoms with E-state index in [9.17, 15) is 30.4 Å². The van der Waals surface area contributed by atoms with Crippen molar-refractivity contribution in [1.29, 1.82) is 0 Å². The standard InChI is InChI=1S/C19H14F5NO3S/c1-10-3-4-12(7-13(10)19(22,23)24)18-17(15(9-20)28-25-18)11-5-6-16(14(21)8-11)29(2,26)27/h3-8H,9H2,1-2H3. The van der Waals surface area contributed by atoms with Crippen LogP contribution in [-0.2, 0) is 22.7 Å². The summed E-state index contributed by atoms with van der Waals surface area (Å²) >= 11 is 0. The molecule has 4 nitrogen and oxygen atoms in total.